The van der Waals surface area contributed by atoms with Crippen molar-refractivity contribution < 1.29 is 9.90 Å². The Balaban J connectivity index is 1.75. The Bertz CT molecular complexity index is 920. The molecule has 1 unspecified atom stereocenters. The summed E-state index contributed by atoms with van der Waals surface area (Å²) < 4.78 is 1.04. The van der Waals surface area contributed by atoms with E-state index < -0.39 is 6.09 Å². The van der Waals surface area contributed by atoms with Crippen LogP contribution in [0.4, 0.5) is 4.79 Å². The molecule has 0 aliphatic heterocycles. The molecule has 1 aromatic heterocycles. The largest absolute Gasteiger partial charge is 0.465 e. The maximum absolute atomic E-state index is 12.0. The van der Waals surface area contributed by atoms with Crippen LogP contribution >= 0.6 is 15.9 Å². The van der Waals surface area contributed by atoms with E-state index in [1.807, 2.05) is 36.4 Å². The van der Waals surface area contributed by atoms with Crippen molar-refractivity contribution in [1.29, 1.82) is 0 Å². The van der Waals surface area contributed by atoms with Crippen molar-refractivity contribution in [3.05, 3.63) is 69.8 Å². The molecule has 0 fully saturated rings. The molecular weight excluding hydrogens is 380 g/mol. The number of benzene rings is 2. The number of fused-ring (bicyclic) bond motifs is 3. The summed E-state index contributed by atoms with van der Waals surface area (Å²) in [5, 5.41) is 11.0. The first kappa shape index (κ1) is 16.2. The second-order valence-corrected chi connectivity index (χ2v) is 7.43. The van der Waals surface area contributed by atoms with Crippen LogP contribution < -0.4 is 0 Å². The number of nitrogens with zero attached hydrogens (tertiary/aromatic N) is 1. The highest BCUT2D eigenvalue weighted by molar-refractivity contribution is 9.10. The number of amides is 1. The maximum atomic E-state index is 12.0. The van der Waals surface area contributed by atoms with Gasteiger partial charge in [-0.15, -0.1) is 0 Å². The molecule has 2 N–H and O–H groups in total. The monoisotopic (exact) mass is 398 g/mol. The number of carboxylic acid groups (broad SMARTS) is 1. The van der Waals surface area contributed by atoms with Crippen molar-refractivity contribution in [2.45, 2.75) is 31.8 Å². The van der Waals surface area contributed by atoms with Gasteiger partial charge in [0.15, 0.2) is 0 Å². The van der Waals surface area contributed by atoms with Crippen molar-refractivity contribution in [1.82, 2.24) is 9.88 Å². The molecule has 128 valence electrons. The molecule has 2 aromatic carbocycles. The number of hydrogen-bond acceptors (Lipinski definition) is 1. The fraction of sp³-hybridized carbons (Fsp3) is 0.250. The lowest BCUT2D eigenvalue weighted by Gasteiger charge is -2.32. The average Bonchev–Trinajstić information content (AvgIpc) is 2.98. The molecule has 0 saturated heterocycles. The molecule has 1 aliphatic carbocycles. The van der Waals surface area contributed by atoms with Gasteiger partial charge in [0.05, 0.1) is 6.04 Å². The highest BCUT2D eigenvalue weighted by Crippen LogP contribution is 2.39. The van der Waals surface area contributed by atoms with E-state index in [-0.39, 0.29) is 6.04 Å². The Labute approximate surface area is 154 Å². The normalized spacial score (nSPS) is 16.6. The summed E-state index contributed by atoms with van der Waals surface area (Å²) >= 11 is 3.54. The number of carbonyl (C=O) groups is 1. The molecule has 1 amide bonds. The van der Waals surface area contributed by atoms with Gasteiger partial charge in [-0.25, -0.2) is 4.79 Å². The third kappa shape index (κ3) is 3.04. The molecular formula is C20H19BrN2O2. The summed E-state index contributed by atoms with van der Waals surface area (Å²) in [6, 6.07) is 15.8. The van der Waals surface area contributed by atoms with Crippen LogP contribution in [0.3, 0.4) is 0 Å². The molecule has 0 spiro atoms. The summed E-state index contributed by atoms with van der Waals surface area (Å²) in [5.41, 5.74) is 4.39. The van der Waals surface area contributed by atoms with Crippen LogP contribution in [-0.2, 0) is 13.0 Å². The van der Waals surface area contributed by atoms with Gasteiger partial charge in [-0.05, 0) is 48.6 Å². The first-order chi connectivity index (χ1) is 12.1. The van der Waals surface area contributed by atoms with E-state index in [1.54, 1.807) is 4.90 Å². The van der Waals surface area contributed by atoms with E-state index in [0.29, 0.717) is 6.54 Å². The highest BCUT2D eigenvalue weighted by atomic mass is 79.9. The second kappa shape index (κ2) is 6.56. The van der Waals surface area contributed by atoms with Crippen molar-refractivity contribution in [3.8, 4) is 0 Å². The van der Waals surface area contributed by atoms with Gasteiger partial charge in [-0.3, -0.25) is 4.90 Å². The number of H-pyrrole nitrogens is 1. The average molecular weight is 399 g/mol. The Morgan fingerprint density at radius 2 is 2.04 bits per heavy atom. The Hall–Kier alpha value is -2.27. The summed E-state index contributed by atoms with van der Waals surface area (Å²) in [4.78, 5) is 17.0. The minimum Gasteiger partial charge on any atom is -0.465 e. The SMILES string of the molecule is O=C(O)N(Cc1ccccc1)C1CCCc2c1[nH]c1ccc(Br)cc21. The molecule has 4 rings (SSSR count). The van der Waals surface area contributed by atoms with Crippen LogP contribution in [0, 0.1) is 0 Å². The van der Waals surface area contributed by atoms with Crippen molar-refractivity contribution in [2.75, 3.05) is 0 Å². The zero-order valence-corrected chi connectivity index (χ0v) is 15.3. The lowest BCUT2D eigenvalue weighted by Crippen LogP contribution is -2.35. The van der Waals surface area contributed by atoms with Gasteiger partial charge in [0.25, 0.3) is 0 Å². The van der Waals surface area contributed by atoms with Gasteiger partial charge in [-0.2, -0.15) is 0 Å². The van der Waals surface area contributed by atoms with E-state index in [1.165, 1.54) is 10.9 Å². The van der Waals surface area contributed by atoms with Crippen LogP contribution in [0.1, 0.15) is 35.7 Å². The number of halogens is 1. The molecule has 0 radical (unpaired) electrons. The molecule has 1 atom stereocenters. The lowest BCUT2D eigenvalue weighted by atomic mass is 9.90. The van der Waals surface area contributed by atoms with E-state index in [0.717, 1.165) is 40.5 Å². The molecule has 0 bridgehead atoms. The third-order valence-electron chi connectivity index (χ3n) is 4.96. The van der Waals surface area contributed by atoms with Crippen LogP contribution in [-0.4, -0.2) is 21.1 Å². The van der Waals surface area contributed by atoms with E-state index in [9.17, 15) is 9.90 Å². The second-order valence-electron chi connectivity index (χ2n) is 6.51. The number of aryl methyl sites for hydroxylation is 1. The van der Waals surface area contributed by atoms with Gasteiger partial charge >= 0.3 is 6.09 Å². The maximum Gasteiger partial charge on any atom is 0.408 e. The quantitative estimate of drug-likeness (QED) is 0.612. The Morgan fingerprint density at radius 1 is 1.24 bits per heavy atom. The number of rotatable bonds is 3. The first-order valence-electron chi connectivity index (χ1n) is 8.47. The standard InChI is InChI=1S/C20H19BrN2O2/c21-14-9-10-17-16(11-14)15-7-4-8-18(19(15)22-17)23(20(24)25)12-13-5-2-1-3-6-13/h1-3,5-6,9-11,18,22H,4,7-8,12H2,(H,24,25). The number of nitrogens with one attached hydrogen (secondary N) is 1. The summed E-state index contributed by atoms with van der Waals surface area (Å²) in [6.45, 7) is 0.402. The Morgan fingerprint density at radius 3 is 2.80 bits per heavy atom. The van der Waals surface area contributed by atoms with E-state index in [4.69, 9.17) is 0 Å². The number of aromatic nitrogens is 1. The fourth-order valence-corrected chi connectivity index (χ4v) is 4.18. The van der Waals surface area contributed by atoms with Crippen molar-refractivity contribution >= 4 is 32.9 Å². The van der Waals surface area contributed by atoms with Gasteiger partial charge in [0.1, 0.15) is 0 Å². The predicted molar refractivity (Wildman–Crippen MR) is 102 cm³/mol. The predicted octanol–water partition coefficient (Wildman–Crippen LogP) is 5.49. The fourth-order valence-electron chi connectivity index (χ4n) is 3.81. The van der Waals surface area contributed by atoms with Gasteiger partial charge in [0, 0.05) is 27.6 Å². The molecule has 1 aliphatic rings. The van der Waals surface area contributed by atoms with Crippen molar-refractivity contribution in [3.63, 3.8) is 0 Å². The summed E-state index contributed by atoms with van der Waals surface area (Å²) in [6.07, 6.45) is 1.96. The van der Waals surface area contributed by atoms with Gasteiger partial charge in [-0.1, -0.05) is 46.3 Å². The first-order valence-corrected chi connectivity index (χ1v) is 9.26. The molecule has 0 saturated carbocycles. The van der Waals surface area contributed by atoms with Crippen LogP contribution in [0.25, 0.3) is 10.9 Å². The Kier molecular flexibility index (Phi) is 4.25. The minimum atomic E-state index is -0.874. The minimum absolute atomic E-state index is 0.132. The molecule has 4 nitrogen and oxygen atoms in total. The molecule has 1 heterocycles. The van der Waals surface area contributed by atoms with E-state index in [2.05, 4.69) is 33.0 Å². The number of hydrogen-bond donors (Lipinski definition) is 2. The lowest BCUT2D eigenvalue weighted by molar-refractivity contribution is 0.113. The zero-order chi connectivity index (χ0) is 17.4. The molecule has 25 heavy (non-hydrogen) atoms. The van der Waals surface area contributed by atoms with E-state index >= 15 is 0 Å². The third-order valence-corrected chi connectivity index (χ3v) is 5.45. The van der Waals surface area contributed by atoms with Crippen LogP contribution in [0.15, 0.2) is 53.0 Å². The number of aromatic amines is 1. The smallest absolute Gasteiger partial charge is 0.408 e. The summed E-state index contributed by atoms with van der Waals surface area (Å²) in [5.74, 6) is 0. The van der Waals surface area contributed by atoms with Crippen molar-refractivity contribution in [2.24, 2.45) is 0 Å². The topological polar surface area (TPSA) is 56.3 Å². The van der Waals surface area contributed by atoms with Crippen LogP contribution in [0.5, 0.6) is 0 Å². The van der Waals surface area contributed by atoms with Crippen LogP contribution in [0.2, 0.25) is 0 Å². The van der Waals surface area contributed by atoms with Gasteiger partial charge in [0.2, 0.25) is 0 Å². The summed E-state index contributed by atoms with van der Waals surface area (Å²) in [7, 11) is 0. The molecule has 3 aromatic rings. The zero-order valence-electron chi connectivity index (χ0n) is 13.7. The van der Waals surface area contributed by atoms with Gasteiger partial charge < -0.3 is 10.1 Å². The highest BCUT2D eigenvalue weighted by Gasteiger charge is 2.31. The molecule has 5 heteroatoms.